The van der Waals surface area contributed by atoms with Crippen molar-refractivity contribution in [3.63, 3.8) is 0 Å². The zero-order valence-electron chi connectivity index (χ0n) is 23.2. The summed E-state index contributed by atoms with van der Waals surface area (Å²) < 4.78 is 12.4. The molecular formula is C37H33NO3. The van der Waals surface area contributed by atoms with Crippen LogP contribution < -0.4 is 9.47 Å². The van der Waals surface area contributed by atoms with Crippen LogP contribution in [0.1, 0.15) is 41.6 Å². The number of carbonyl (C=O) groups excluding carboxylic acids is 1. The third-order valence-electron chi connectivity index (χ3n) is 7.87. The first-order chi connectivity index (χ1) is 20.1. The lowest BCUT2D eigenvalue weighted by Gasteiger charge is -2.30. The van der Waals surface area contributed by atoms with E-state index in [1.54, 1.807) is 0 Å². The second-order valence-electron chi connectivity index (χ2n) is 10.4. The lowest BCUT2D eigenvalue weighted by molar-refractivity contribution is -0.132. The van der Waals surface area contributed by atoms with Gasteiger partial charge in [0.25, 0.3) is 0 Å². The molecule has 6 rings (SSSR count). The highest BCUT2D eigenvalue weighted by molar-refractivity contribution is 6.01. The molecule has 4 aromatic rings. The number of fused-ring (bicyclic) bond motifs is 2. The van der Waals surface area contributed by atoms with Crippen molar-refractivity contribution >= 4 is 5.91 Å². The van der Waals surface area contributed by atoms with Gasteiger partial charge in [0.1, 0.15) is 30.1 Å². The minimum atomic E-state index is -1.03. The molecule has 2 aliphatic rings. The van der Waals surface area contributed by atoms with Gasteiger partial charge in [-0.3, -0.25) is 9.69 Å². The van der Waals surface area contributed by atoms with Crippen LogP contribution in [0.2, 0.25) is 0 Å². The first kappa shape index (κ1) is 26.4. The minimum Gasteiger partial charge on any atom is -0.491 e. The molecule has 2 aliphatic heterocycles. The highest BCUT2D eigenvalue weighted by Crippen LogP contribution is 2.55. The monoisotopic (exact) mass is 539 g/mol. The fraction of sp³-hybridized carbons (Fsp3) is 0.162. The highest BCUT2D eigenvalue weighted by atomic mass is 16.5. The van der Waals surface area contributed by atoms with Gasteiger partial charge in [-0.05, 0) is 46.9 Å². The molecule has 0 bridgehead atoms. The van der Waals surface area contributed by atoms with Crippen LogP contribution in [0, 0.1) is 0 Å². The van der Waals surface area contributed by atoms with E-state index < -0.39 is 5.41 Å². The predicted molar refractivity (Wildman–Crippen MR) is 163 cm³/mol. The molecule has 1 saturated heterocycles. The fourth-order valence-corrected chi connectivity index (χ4v) is 5.86. The maximum Gasteiger partial charge on any atom is 0.246 e. The summed E-state index contributed by atoms with van der Waals surface area (Å²) in [5.41, 5.74) is 4.43. The Hall–Kier alpha value is -4.83. The molecule has 2 heterocycles. The highest BCUT2D eigenvalue weighted by Gasteiger charge is 2.60. The Morgan fingerprint density at radius 2 is 1.56 bits per heavy atom. The number of carbonyl (C=O) groups is 1. The molecule has 4 aromatic carbocycles. The summed E-state index contributed by atoms with van der Waals surface area (Å²) in [6.45, 7) is 7.26. The van der Waals surface area contributed by atoms with Crippen LogP contribution in [-0.4, -0.2) is 17.4 Å². The van der Waals surface area contributed by atoms with Crippen molar-refractivity contribution in [3.05, 3.63) is 168 Å². The molecule has 0 aliphatic carbocycles. The average Bonchev–Trinajstić information content (AvgIpc) is 3.49. The molecule has 1 spiro atoms. The molecule has 204 valence electrons. The third-order valence-corrected chi connectivity index (χ3v) is 7.87. The molecule has 0 radical (unpaired) electrons. The number of benzene rings is 4. The fourth-order valence-electron chi connectivity index (χ4n) is 5.86. The molecule has 1 unspecified atom stereocenters. The van der Waals surface area contributed by atoms with Gasteiger partial charge in [-0.25, -0.2) is 0 Å². The van der Waals surface area contributed by atoms with Crippen LogP contribution in [0.5, 0.6) is 11.5 Å². The summed E-state index contributed by atoms with van der Waals surface area (Å²) >= 11 is 0. The number of rotatable bonds is 8. The molecule has 4 heteroatoms. The van der Waals surface area contributed by atoms with Crippen LogP contribution in [0.3, 0.4) is 0 Å². The van der Waals surface area contributed by atoms with Gasteiger partial charge in [-0.1, -0.05) is 123 Å². The SMILES string of the molecule is C=C1C(=CC=CCC)C2(COc3ccc(OCc4ccccc4)cc32)C(=O)N1C(c1ccccc1)c1ccccc1. The molecule has 0 N–H and O–H groups in total. The van der Waals surface area contributed by atoms with Crippen molar-refractivity contribution in [2.75, 3.05) is 6.61 Å². The summed E-state index contributed by atoms with van der Waals surface area (Å²) in [4.78, 5) is 16.8. The molecule has 1 atom stereocenters. The van der Waals surface area contributed by atoms with Crippen LogP contribution in [0.4, 0.5) is 0 Å². The zero-order chi connectivity index (χ0) is 28.2. The van der Waals surface area contributed by atoms with Crippen LogP contribution in [-0.2, 0) is 16.8 Å². The van der Waals surface area contributed by atoms with Gasteiger partial charge in [-0.15, -0.1) is 0 Å². The van der Waals surface area contributed by atoms with E-state index >= 15 is 0 Å². The van der Waals surface area contributed by atoms with Crippen molar-refractivity contribution in [2.45, 2.75) is 31.4 Å². The largest absolute Gasteiger partial charge is 0.491 e. The Bertz CT molecular complexity index is 1570. The standard InChI is InChI=1S/C37H33NO3/c1-3-4-8-21-32-27(2)38(35(29-17-11-6-12-18-29)30-19-13-7-14-20-30)36(39)37(32)26-41-34-23-22-31(24-33(34)37)40-25-28-15-9-5-10-16-28/h4-24,35H,2-3,25-26H2,1H3. The Kier molecular flexibility index (Phi) is 7.30. The van der Waals surface area contributed by atoms with Crippen molar-refractivity contribution < 1.29 is 14.3 Å². The van der Waals surface area contributed by atoms with E-state index in [4.69, 9.17) is 9.47 Å². The van der Waals surface area contributed by atoms with E-state index in [0.717, 1.165) is 34.2 Å². The Balaban J connectivity index is 1.46. The quantitative estimate of drug-likeness (QED) is 0.228. The maximum atomic E-state index is 14.9. The lowest BCUT2D eigenvalue weighted by atomic mass is 9.76. The van der Waals surface area contributed by atoms with Crippen molar-refractivity contribution in [1.29, 1.82) is 0 Å². The van der Waals surface area contributed by atoms with E-state index in [1.165, 1.54) is 0 Å². The van der Waals surface area contributed by atoms with Gasteiger partial charge in [0.15, 0.2) is 0 Å². The number of allylic oxidation sites excluding steroid dienone is 4. The molecule has 41 heavy (non-hydrogen) atoms. The summed E-state index contributed by atoms with van der Waals surface area (Å²) in [5, 5.41) is 0. The third kappa shape index (κ3) is 4.76. The summed E-state index contributed by atoms with van der Waals surface area (Å²) in [7, 11) is 0. The lowest BCUT2D eigenvalue weighted by Crippen LogP contribution is -2.41. The number of hydrogen-bond acceptors (Lipinski definition) is 3. The summed E-state index contributed by atoms with van der Waals surface area (Å²) in [5.74, 6) is 1.34. The van der Waals surface area contributed by atoms with Crippen molar-refractivity contribution in [2.24, 2.45) is 0 Å². The van der Waals surface area contributed by atoms with Crippen LogP contribution >= 0.6 is 0 Å². The van der Waals surface area contributed by atoms with Gasteiger partial charge >= 0.3 is 0 Å². The Morgan fingerprint density at radius 1 is 0.927 bits per heavy atom. The van der Waals surface area contributed by atoms with Gasteiger partial charge in [0.2, 0.25) is 5.91 Å². The van der Waals surface area contributed by atoms with Gasteiger partial charge in [0, 0.05) is 11.3 Å². The van der Waals surface area contributed by atoms with E-state index in [-0.39, 0.29) is 18.6 Å². The van der Waals surface area contributed by atoms with Gasteiger partial charge < -0.3 is 9.47 Å². The molecule has 0 saturated carbocycles. The molecular weight excluding hydrogens is 506 g/mol. The maximum absolute atomic E-state index is 14.9. The Labute approximate surface area is 241 Å². The second kappa shape index (κ2) is 11.3. The van der Waals surface area contributed by atoms with E-state index in [2.05, 4.69) is 43.8 Å². The summed E-state index contributed by atoms with van der Waals surface area (Å²) in [6.07, 6.45) is 7.03. The van der Waals surface area contributed by atoms with E-state index in [0.29, 0.717) is 23.8 Å². The molecule has 1 fully saturated rings. The van der Waals surface area contributed by atoms with Crippen LogP contribution in [0.25, 0.3) is 0 Å². The minimum absolute atomic E-state index is 0.0460. The number of amides is 1. The second-order valence-corrected chi connectivity index (χ2v) is 10.4. The van der Waals surface area contributed by atoms with Gasteiger partial charge in [0.05, 0.1) is 6.04 Å². The van der Waals surface area contributed by atoms with Crippen LogP contribution in [0.15, 0.2) is 145 Å². The molecule has 4 nitrogen and oxygen atoms in total. The first-order valence-electron chi connectivity index (χ1n) is 14.1. The average molecular weight is 540 g/mol. The first-order valence-corrected chi connectivity index (χ1v) is 14.1. The molecule has 0 aromatic heterocycles. The summed E-state index contributed by atoms with van der Waals surface area (Å²) in [6, 6.07) is 35.8. The van der Waals surface area contributed by atoms with E-state index in [9.17, 15) is 4.79 Å². The molecule has 1 amide bonds. The number of ether oxygens (including phenoxy) is 2. The normalized spacial score (nSPS) is 19.0. The number of likely N-dealkylation sites (tertiary alicyclic amines) is 1. The van der Waals surface area contributed by atoms with Gasteiger partial charge in [-0.2, -0.15) is 0 Å². The Morgan fingerprint density at radius 3 is 2.20 bits per heavy atom. The smallest absolute Gasteiger partial charge is 0.246 e. The number of hydrogen-bond donors (Lipinski definition) is 0. The van der Waals surface area contributed by atoms with Crippen molar-refractivity contribution in [1.82, 2.24) is 4.90 Å². The number of nitrogens with zero attached hydrogens (tertiary/aromatic N) is 1. The van der Waals surface area contributed by atoms with E-state index in [1.807, 2.05) is 102 Å². The topological polar surface area (TPSA) is 38.8 Å². The van der Waals surface area contributed by atoms with Crippen molar-refractivity contribution in [3.8, 4) is 11.5 Å². The predicted octanol–water partition coefficient (Wildman–Crippen LogP) is 7.93. The zero-order valence-corrected chi connectivity index (χ0v) is 23.2.